The van der Waals surface area contributed by atoms with Crippen LogP contribution in [0, 0.1) is 12.7 Å². The van der Waals surface area contributed by atoms with Crippen LogP contribution in [0.2, 0.25) is 0 Å². The molecule has 2 aromatic rings. The number of methoxy groups -OCH3 is 1. The van der Waals surface area contributed by atoms with Crippen LogP contribution in [-0.2, 0) is 0 Å². The van der Waals surface area contributed by atoms with E-state index in [1.54, 1.807) is 25.3 Å². The number of aryl methyl sites for hydroxylation is 1. The molecule has 72 valence electrons. The smallest absolute Gasteiger partial charge is 0.145 e. The van der Waals surface area contributed by atoms with Crippen molar-refractivity contribution in [2.45, 2.75) is 6.92 Å². The summed E-state index contributed by atoms with van der Waals surface area (Å²) in [7, 11) is 1.55. The molecular formula is C11H10FNO. The maximum Gasteiger partial charge on any atom is 0.145 e. The first-order valence-electron chi connectivity index (χ1n) is 4.32. The predicted molar refractivity (Wildman–Crippen MR) is 53.0 cm³/mol. The Labute approximate surface area is 81.3 Å². The molecule has 0 N–H and O–H groups in total. The van der Waals surface area contributed by atoms with Gasteiger partial charge in [0.25, 0.3) is 0 Å². The van der Waals surface area contributed by atoms with E-state index in [1.807, 2.05) is 6.92 Å². The minimum atomic E-state index is -0.270. The van der Waals surface area contributed by atoms with E-state index in [0.29, 0.717) is 16.7 Å². The van der Waals surface area contributed by atoms with Crippen molar-refractivity contribution < 1.29 is 9.13 Å². The molecule has 2 nitrogen and oxygen atoms in total. The molecule has 14 heavy (non-hydrogen) atoms. The minimum Gasteiger partial charge on any atom is -0.494 e. The molecular weight excluding hydrogens is 181 g/mol. The van der Waals surface area contributed by atoms with E-state index in [2.05, 4.69) is 4.98 Å². The summed E-state index contributed by atoms with van der Waals surface area (Å²) in [4.78, 5) is 4.24. The van der Waals surface area contributed by atoms with Gasteiger partial charge in [0.05, 0.1) is 7.11 Å². The van der Waals surface area contributed by atoms with Gasteiger partial charge in [-0.05, 0) is 31.2 Å². The van der Waals surface area contributed by atoms with Gasteiger partial charge in [-0.1, -0.05) is 0 Å². The van der Waals surface area contributed by atoms with Crippen LogP contribution in [0.15, 0.2) is 24.3 Å². The highest BCUT2D eigenvalue weighted by Gasteiger charge is 2.07. The van der Waals surface area contributed by atoms with Crippen LogP contribution in [0.4, 0.5) is 4.39 Å². The molecule has 0 radical (unpaired) electrons. The molecule has 1 heterocycles. The van der Waals surface area contributed by atoms with Crippen molar-refractivity contribution >= 4 is 10.9 Å². The highest BCUT2D eigenvalue weighted by atomic mass is 19.1. The third-order valence-electron chi connectivity index (χ3n) is 2.13. The third-order valence-corrected chi connectivity index (χ3v) is 2.13. The number of fused-ring (bicyclic) bond motifs is 1. The topological polar surface area (TPSA) is 22.1 Å². The van der Waals surface area contributed by atoms with Gasteiger partial charge in [-0.25, -0.2) is 9.37 Å². The van der Waals surface area contributed by atoms with Crippen LogP contribution in [0.1, 0.15) is 5.69 Å². The summed E-state index contributed by atoms with van der Waals surface area (Å²) in [6.45, 7) is 1.86. The van der Waals surface area contributed by atoms with E-state index in [4.69, 9.17) is 4.74 Å². The Bertz CT molecular complexity index is 482. The Balaban J connectivity index is 2.85. The Morgan fingerprint density at radius 2 is 2.00 bits per heavy atom. The van der Waals surface area contributed by atoms with Gasteiger partial charge >= 0.3 is 0 Å². The predicted octanol–water partition coefficient (Wildman–Crippen LogP) is 2.69. The fourth-order valence-corrected chi connectivity index (χ4v) is 1.42. The van der Waals surface area contributed by atoms with Crippen molar-refractivity contribution in [3.8, 4) is 5.75 Å². The van der Waals surface area contributed by atoms with Crippen molar-refractivity contribution in [3.63, 3.8) is 0 Å². The fourth-order valence-electron chi connectivity index (χ4n) is 1.42. The fraction of sp³-hybridized carbons (Fsp3) is 0.182. The largest absolute Gasteiger partial charge is 0.494 e. The summed E-state index contributed by atoms with van der Waals surface area (Å²) in [6, 6.07) is 6.47. The van der Waals surface area contributed by atoms with Crippen LogP contribution in [-0.4, -0.2) is 12.1 Å². The van der Waals surface area contributed by atoms with Gasteiger partial charge in [0, 0.05) is 11.1 Å². The molecule has 0 saturated heterocycles. The van der Waals surface area contributed by atoms with Crippen LogP contribution in [0.3, 0.4) is 0 Å². The van der Waals surface area contributed by atoms with Crippen molar-refractivity contribution in [1.82, 2.24) is 4.98 Å². The lowest BCUT2D eigenvalue weighted by Gasteiger charge is -2.05. The number of pyridine rings is 1. The van der Waals surface area contributed by atoms with Gasteiger partial charge in [0.15, 0.2) is 0 Å². The first kappa shape index (κ1) is 8.94. The second-order valence-corrected chi connectivity index (χ2v) is 3.10. The Hall–Kier alpha value is -1.64. The standard InChI is InChI=1S/C11H10FNO/c1-7-3-4-8-9(12)5-6-10(14-2)11(8)13-7/h3-6H,1-2H3. The highest BCUT2D eigenvalue weighted by molar-refractivity contribution is 5.85. The van der Waals surface area contributed by atoms with E-state index in [0.717, 1.165) is 5.69 Å². The Kier molecular flexibility index (Phi) is 2.08. The minimum absolute atomic E-state index is 0.270. The maximum absolute atomic E-state index is 13.3. The summed E-state index contributed by atoms with van der Waals surface area (Å²) >= 11 is 0. The van der Waals surface area contributed by atoms with Crippen LogP contribution in [0.5, 0.6) is 5.75 Å². The number of halogens is 1. The average Bonchev–Trinajstić information content (AvgIpc) is 2.18. The number of ether oxygens (including phenoxy) is 1. The summed E-state index contributed by atoms with van der Waals surface area (Å²) in [6.07, 6.45) is 0. The molecule has 0 fully saturated rings. The van der Waals surface area contributed by atoms with Crippen molar-refractivity contribution in [3.05, 3.63) is 35.8 Å². The van der Waals surface area contributed by atoms with Gasteiger partial charge in [-0.3, -0.25) is 0 Å². The number of rotatable bonds is 1. The Morgan fingerprint density at radius 1 is 1.21 bits per heavy atom. The summed E-state index contributed by atoms with van der Waals surface area (Å²) in [5, 5.41) is 0.495. The van der Waals surface area contributed by atoms with Crippen LogP contribution >= 0.6 is 0 Å². The molecule has 0 aliphatic carbocycles. The molecule has 0 aliphatic heterocycles. The normalized spacial score (nSPS) is 10.5. The average molecular weight is 191 g/mol. The first-order valence-corrected chi connectivity index (χ1v) is 4.32. The maximum atomic E-state index is 13.3. The number of benzene rings is 1. The molecule has 1 aromatic carbocycles. The van der Waals surface area contributed by atoms with Gasteiger partial charge < -0.3 is 4.74 Å². The summed E-state index contributed by atoms with van der Waals surface area (Å²) in [5.74, 6) is 0.332. The number of nitrogens with zero attached hydrogens (tertiary/aromatic N) is 1. The molecule has 2 rings (SSSR count). The molecule has 0 atom stereocenters. The van der Waals surface area contributed by atoms with Crippen molar-refractivity contribution in [1.29, 1.82) is 0 Å². The molecule has 0 unspecified atom stereocenters. The molecule has 0 saturated carbocycles. The van der Waals surface area contributed by atoms with Crippen molar-refractivity contribution in [2.75, 3.05) is 7.11 Å². The Morgan fingerprint density at radius 3 is 2.71 bits per heavy atom. The molecule has 0 aliphatic rings. The van der Waals surface area contributed by atoms with Gasteiger partial charge in [-0.2, -0.15) is 0 Å². The molecule has 0 amide bonds. The lowest BCUT2D eigenvalue weighted by Crippen LogP contribution is -1.91. The summed E-state index contributed by atoms with van der Waals surface area (Å²) < 4.78 is 18.4. The van der Waals surface area contributed by atoms with Crippen molar-refractivity contribution in [2.24, 2.45) is 0 Å². The van der Waals surface area contributed by atoms with E-state index in [9.17, 15) is 4.39 Å². The van der Waals surface area contributed by atoms with Crippen LogP contribution < -0.4 is 4.74 Å². The van der Waals surface area contributed by atoms with Gasteiger partial charge in [0.2, 0.25) is 0 Å². The van der Waals surface area contributed by atoms with E-state index < -0.39 is 0 Å². The second-order valence-electron chi connectivity index (χ2n) is 3.10. The summed E-state index contributed by atoms with van der Waals surface area (Å²) in [5.41, 5.74) is 1.42. The molecule has 3 heteroatoms. The number of aromatic nitrogens is 1. The molecule has 1 aromatic heterocycles. The van der Waals surface area contributed by atoms with E-state index >= 15 is 0 Å². The molecule has 0 spiro atoms. The highest BCUT2D eigenvalue weighted by Crippen LogP contribution is 2.25. The SMILES string of the molecule is COc1ccc(F)c2ccc(C)nc12. The lowest BCUT2D eigenvalue weighted by molar-refractivity contribution is 0.418. The second kappa shape index (κ2) is 3.25. The van der Waals surface area contributed by atoms with Crippen LogP contribution in [0.25, 0.3) is 10.9 Å². The van der Waals surface area contributed by atoms with Gasteiger partial charge in [0.1, 0.15) is 17.1 Å². The lowest BCUT2D eigenvalue weighted by atomic mass is 10.2. The number of hydrogen-bond acceptors (Lipinski definition) is 2. The zero-order chi connectivity index (χ0) is 10.1. The zero-order valence-electron chi connectivity index (χ0n) is 8.04. The van der Waals surface area contributed by atoms with E-state index in [1.165, 1.54) is 6.07 Å². The monoisotopic (exact) mass is 191 g/mol. The van der Waals surface area contributed by atoms with E-state index in [-0.39, 0.29) is 5.82 Å². The molecule has 0 bridgehead atoms. The van der Waals surface area contributed by atoms with Gasteiger partial charge in [-0.15, -0.1) is 0 Å². The number of hydrogen-bond donors (Lipinski definition) is 0. The quantitative estimate of drug-likeness (QED) is 0.691. The third kappa shape index (κ3) is 1.31. The first-order chi connectivity index (χ1) is 6.72. The zero-order valence-corrected chi connectivity index (χ0v) is 8.04.